The van der Waals surface area contributed by atoms with E-state index in [0.717, 1.165) is 86.9 Å². The molecule has 0 bridgehead atoms. The van der Waals surface area contributed by atoms with Crippen LogP contribution >= 0.6 is 0 Å². The lowest BCUT2D eigenvalue weighted by Crippen LogP contribution is -2.49. The van der Waals surface area contributed by atoms with Crippen molar-refractivity contribution in [2.75, 3.05) is 13.1 Å². The van der Waals surface area contributed by atoms with Gasteiger partial charge in [-0.3, -0.25) is 9.69 Å². The van der Waals surface area contributed by atoms with Gasteiger partial charge in [-0.25, -0.2) is 9.67 Å². The Kier molecular flexibility index (Phi) is 3.33. The van der Waals surface area contributed by atoms with E-state index >= 15 is 0 Å². The molecular formula is C18H22N4O2. The molecule has 0 amide bonds. The van der Waals surface area contributed by atoms with Gasteiger partial charge in [-0.2, -0.15) is 5.10 Å². The van der Waals surface area contributed by atoms with Crippen LogP contribution in [0.15, 0.2) is 15.3 Å². The molecule has 2 aromatic heterocycles. The van der Waals surface area contributed by atoms with E-state index in [1.165, 1.54) is 6.42 Å². The van der Waals surface area contributed by atoms with E-state index in [2.05, 4.69) is 15.0 Å². The van der Waals surface area contributed by atoms with E-state index in [1.54, 1.807) is 10.7 Å². The minimum atomic E-state index is 0.0539. The van der Waals surface area contributed by atoms with Gasteiger partial charge >= 0.3 is 0 Å². The Morgan fingerprint density at radius 3 is 2.83 bits per heavy atom. The van der Waals surface area contributed by atoms with E-state index in [4.69, 9.17) is 4.42 Å². The summed E-state index contributed by atoms with van der Waals surface area (Å²) in [6.07, 6.45) is 6.43. The lowest BCUT2D eigenvalue weighted by atomic mass is 10.0. The van der Waals surface area contributed by atoms with Crippen LogP contribution in [0.2, 0.25) is 0 Å². The molecule has 3 heterocycles. The Morgan fingerprint density at radius 1 is 1.12 bits per heavy atom. The van der Waals surface area contributed by atoms with Crippen LogP contribution in [0.3, 0.4) is 0 Å². The maximum absolute atomic E-state index is 12.2. The number of oxazole rings is 1. The van der Waals surface area contributed by atoms with Crippen LogP contribution < -0.4 is 5.56 Å². The number of rotatable bonds is 4. The second kappa shape index (κ2) is 5.55. The summed E-state index contributed by atoms with van der Waals surface area (Å²) in [6, 6.07) is 1.79. The SMILES string of the molecule is O=c1cc2c(nn1CC1CN(Cc3nc4c(o3)CCC4)C1)CCC2. The summed E-state index contributed by atoms with van der Waals surface area (Å²) in [5.41, 5.74) is 3.50. The molecule has 0 radical (unpaired) electrons. The first-order valence-corrected chi connectivity index (χ1v) is 9.04. The molecule has 2 aliphatic carbocycles. The molecular weight excluding hydrogens is 304 g/mol. The molecule has 3 aliphatic rings. The molecule has 24 heavy (non-hydrogen) atoms. The third-order valence-corrected chi connectivity index (χ3v) is 5.49. The molecule has 126 valence electrons. The van der Waals surface area contributed by atoms with Crippen molar-refractivity contribution in [2.24, 2.45) is 5.92 Å². The van der Waals surface area contributed by atoms with Gasteiger partial charge in [0.25, 0.3) is 5.56 Å². The largest absolute Gasteiger partial charge is 0.444 e. The fraction of sp³-hybridized carbons (Fsp3) is 0.611. The zero-order chi connectivity index (χ0) is 16.1. The molecule has 6 heteroatoms. The molecule has 0 atom stereocenters. The van der Waals surface area contributed by atoms with Crippen LogP contribution in [0.5, 0.6) is 0 Å². The average Bonchev–Trinajstić information content (AvgIpc) is 3.20. The third-order valence-electron chi connectivity index (χ3n) is 5.49. The Labute approximate surface area is 140 Å². The lowest BCUT2D eigenvalue weighted by molar-refractivity contribution is 0.0675. The van der Waals surface area contributed by atoms with Crippen molar-refractivity contribution in [3.63, 3.8) is 0 Å². The maximum atomic E-state index is 12.2. The predicted octanol–water partition coefficient (Wildman–Crippen LogP) is 1.34. The smallest absolute Gasteiger partial charge is 0.267 e. The van der Waals surface area contributed by atoms with Gasteiger partial charge < -0.3 is 4.42 Å². The number of hydrogen-bond acceptors (Lipinski definition) is 5. The zero-order valence-electron chi connectivity index (χ0n) is 13.8. The molecule has 0 unspecified atom stereocenters. The second-order valence-corrected chi connectivity index (χ2v) is 7.38. The highest BCUT2D eigenvalue weighted by Crippen LogP contribution is 2.25. The summed E-state index contributed by atoms with van der Waals surface area (Å²) in [5.74, 6) is 2.44. The van der Waals surface area contributed by atoms with Crippen LogP contribution in [0.4, 0.5) is 0 Å². The van der Waals surface area contributed by atoms with Crippen LogP contribution in [-0.2, 0) is 38.8 Å². The predicted molar refractivity (Wildman–Crippen MR) is 87.8 cm³/mol. The highest BCUT2D eigenvalue weighted by atomic mass is 16.4. The minimum absolute atomic E-state index is 0.0539. The molecule has 2 aromatic rings. The molecule has 0 saturated carbocycles. The van der Waals surface area contributed by atoms with Crippen LogP contribution in [0.1, 0.15) is 41.4 Å². The van der Waals surface area contributed by atoms with E-state index < -0.39 is 0 Å². The summed E-state index contributed by atoms with van der Waals surface area (Å²) in [4.78, 5) is 19.1. The van der Waals surface area contributed by atoms with Crippen molar-refractivity contribution in [1.29, 1.82) is 0 Å². The number of likely N-dealkylation sites (tertiary alicyclic amines) is 1. The normalized spacial score (nSPS) is 20.2. The van der Waals surface area contributed by atoms with Crippen LogP contribution in [-0.4, -0.2) is 32.8 Å². The minimum Gasteiger partial charge on any atom is -0.444 e. The fourth-order valence-electron chi connectivity index (χ4n) is 4.24. The summed E-state index contributed by atoms with van der Waals surface area (Å²) in [5, 5.41) is 4.57. The van der Waals surface area contributed by atoms with Gasteiger partial charge in [0, 0.05) is 31.5 Å². The number of hydrogen-bond donors (Lipinski definition) is 0. The quantitative estimate of drug-likeness (QED) is 0.848. The molecule has 0 aromatic carbocycles. The van der Waals surface area contributed by atoms with Crippen molar-refractivity contribution >= 4 is 0 Å². The van der Waals surface area contributed by atoms with Crippen LogP contribution in [0.25, 0.3) is 0 Å². The summed E-state index contributed by atoms with van der Waals surface area (Å²) >= 11 is 0. The number of nitrogens with zero attached hydrogens (tertiary/aromatic N) is 4. The first-order chi connectivity index (χ1) is 11.7. The standard InChI is InChI=1S/C18H22N4O2/c23-18-7-13-3-1-4-14(13)20-22(18)10-12-8-21(9-12)11-17-19-15-5-2-6-16(15)24-17/h7,12H,1-6,8-11H2. The van der Waals surface area contributed by atoms with Gasteiger partial charge in [0.15, 0.2) is 0 Å². The van der Waals surface area contributed by atoms with Gasteiger partial charge in [0.2, 0.25) is 5.89 Å². The molecule has 0 N–H and O–H groups in total. The van der Waals surface area contributed by atoms with Crippen LogP contribution in [0, 0.1) is 5.92 Å². The molecule has 1 aliphatic heterocycles. The summed E-state index contributed by atoms with van der Waals surface area (Å²) in [6.45, 7) is 3.48. The van der Waals surface area contributed by atoms with Crippen molar-refractivity contribution in [3.05, 3.63) is 45.0 Å². The van der Waals surface area contributed by atoms with E-state index in [1.807, 2.05) is 0 Å². The van der Waals surface area contributed by atoms with Gasteiger partial charge in [0.05, 0.1) is 24.5 Å². The Balaban J connectivity index is 1.19. The van der Waals surface area contributed by atoms with E-state index in [-0.39, 0.29) is 5.56 Å². The van der Waals surface area contributed by atoms with E-state index in [0.29, 0.717) is 5.92 Å². The zero-order valence-corrected chi connectivity index (χ0v) is 13.8. The summed E-state index contributed by atoms with van der Waals surface area (Å²) < 4.78 is 7.51. The van der Waals surface area contributed by atoms with Crippen molar-refractivity contribution in [1.82, 2.24) is 19.7 Å². The van der Waals surface area contributed by atoms with Crippen molar-refractivity contribution in [2.45, 2.75) is 51.6 Å². The first kappa shape index (κ1) is 14.4. The summed E-state index contributed by atoms with van der Waals surface area (Å²) in [7, 11) is 0. The Morgan fingerprint density at radius 2 is 1.96 bits per heavy atom. The monoisotopic (exact) mass is 326 g/mol. The number of fused-ring (bicyclic) bond motifs is 2. The van der Waals surface area contributed by atoms with Gasteiger partial charge in [0.1, 0.15) is 5.76 Å². The topological polar surface area (TPSA) is 64.2 Å². The molecule has 1 fully saturated rings. The van der Waals surface area contributed by atoms with Crippen molar-refractivity contribution in [3.8, 4) is 0 Å². The average molecular weight is 326 g/mol. The molecule has 5 rings (SSSR count). The lowest BCUT2D eigenvalue weighted by Gasteiger charge is -2.38. The molecule has 1 saturated heterocycles. The van der Waals surface area contributed by atoms with Gasteiger partial charge in [-0.15, -0.1) is 0 Å². The molecule has 0 spiro atoms. The molecule has 6 nitrogen and oxygen atoms in total. The maximum Gasteiger partial charge on any atom is 0.267 e. The first-order valence-electron chi connectivity index (χ1n) is 9.04. The number of aromatic nitrogens is 3. The van der Waals surface area contributed by atoms with Crippen molar-refractivity contribution < 1.29 is 4.42 Å². The number of aryl methyl sites for hydroxylation is 4. The van der Waals surface area contributed by atoms with Gasteiger partial charge in [-0.05, 0) is 37.7 Å². The fourth-order valence-corrected chi connectivity index (χ4v) is 4.24. The third kappa shape index (κ3) is 2.49. The highest BCUT2D eigenvalue weighted by molar-refractivity contribution is 5.22. The second-order valence-electron chi connectivity index (χ2n) is 7.38. The Hall–Kier alpha value is -1.95. The highest BCUT2D eigenvalue weighted by Gasteiger charge is 2.30. The Bertz CT molecular complexity index is 811. The van der Waals surface area contributed by atoms with E-state index in [9.17, 15) is 4.79 Å². The van der Waals surface area contributed by atoms with Gasteiger partial charge in [-0.1, -0.05) is 0 Å².